The topological polar surface area (TPSA) is 116 Å². The molecule has 1 aromatic heterocycles. The third-order valence-corrected chi connectivity index (χ3v) is 5.06. The standard InChI is InChI=1S/C18H18N6O3S/c1-11-8-9-15(12(2)10-11)23-18(20-21-22-23)28-13(3)17(25)19-14-6-4-5-7-16(14)24(26)27/h4-10,13H,1-3H3,(H,19,25)/t13-/m1/s1. The molecule has 3 rings (SSSR count). The Balaban J connectivity index is 1.77. The van der Waals surface area contributed by atoms with Gasteiger partial charge in [-0.25, -0.2) is 0 Å². The maximum atomic E-state index is 12.5. The molecule has 0 saturated carbocycles. The number of nitrogens with zero attached hydrogens (tertiary/aromatic N) is 5. The van der Waals surface area contributed by atoms with Gasteiger partial charge in [-0.3, -0.25) is 14.9 Å². The van der Waals surface area contributed by atoms with Crippen molar-refractivity contribution in [2.24, 2.45) is 0 Å². The van der Waals surface area contributed by atoms with Crippen molar-refractivity contribution in [1.29, 1.82) is 0 Å². The number of nitro groups is 1. The van der Waals surface area contributed by atoms with E-state index in [9.17, 15) is 14.9 Å². The van der Waals surface area contributed by atoms with Crippen molar-refractivity contribution in [3.8, 4) is 5.69 Å². The molecule has 1 atom stereocenters. The van der Waals surface area contributed by atoms with Crippen LogP contribution in [0.2, 0.25) is 0 Å². The van der Waals surface area contributed by atoms with Crippen LogP contribution in [0.1, 0.15) is 18.1 Å². The molecule has 1 heterocycles. The number of nitro benzene ring substituents is 1. The zero-order chi connectivity index (χ0) is 20.3. The molecule has 0 spiro atoms. The number of carbonyl (C=O) groups is 1. The predicted octanol–water partition coefficient (Wildman–Crippen LogP) is 3.31. The SMILES string of the molecule is Cc1ccc(-n2nnnc2S[C@H](C)C(=O)Nc2ccccc2[N+](=O)[O-])c(C)c1. The van der Waals surface area contributed by atoms with Crippen LogP contribution in [0.5, 0.6) is 0 Å². The summed E-state index contributed by atoms with van der Waals surface area (Å²) in [6.45, 7) is 5.65. The van der Waals surface area contributed by atoms with E-state index in [4.69, 9.17) is 0 Å². The molecule has 28 heavy (non-hydrogen) atoms. The van der Waals surface area contributed by atoms with Crippen LogP contribution in [0.4, 0.5) is 11.4 Å². The fraction of sp³-hybridized carbons (Fsp3) is 0.222. The van der Waals surface area contributed by atoms with Gasteiger partial charge in [-0.2, -0.15) is 4.68 Å². The van der Waals surface area contributed by atoms with Gasteiger partial charge in [-0.15, -0.1) is 5.10 Å². The fourth-order valence-electron chi connectivity index (χ4n) is 2.63. The summed E-state index contributed by atoms with van der Waals surface area (Å²) in [7, 11) is 0. The molecule has 0 fully saturated rings. The first-order valence-corrected chi connectivity index (χ1v) is 9.31. The van der Waals surface area contributed by atoms with E-state index in [0.717, 1.165) is 16.8 Å². The zero-order valence-corrected chi connectivity index (χ0v) is 16.3. The Kier molecular flexibility index (Phi) is 5.69. The molecule has 0 bridgehead atoms. The summed E-state index contributed by atoms with van der Waals surface area (Å²) in [4.78, 5) is 23.1. The van der Waals surface area contributed by atoms with Crippen LogP contribution in [-0.2, 0) is 4.79 Å². The molecule has 0 aliphatic heterocycles. The van der Waals surface area contributed by atoms with Gasteiger partial charge in [0, 0.05) is 6.07 Å². The van der Waals surface area contributed by atoms with Gasteiger partial charge >= 0.3 is 0 Å². The van der Waals surface area contributed by atoms with Gasteiger partial charge < -0.3 is 5.32 Å². The van der Waals surface area contributed by atoms with Crippen molar-refractivity contribution in [1.82, 2.24) is 20.2 Å². The maximum Gasteiger partial charge on any atom is 0.292 e. The first-order chi connectivity index (χ1) is 13.4. The predicted molar refractivity (Wildman–Crippen MR) is 106 cm³/mol. The van der Waals surface area contributed by atoms with Gasteiger partial charge in [-0.05, 0) is 48.9 Å². The van der Waals surface area contributed by atoms with Gasteiger partial charge in [0.1, 0.15) is 5.69 Å². The summed E-state index contributed by atoms with van der Waals surface area (Å²) in [5.74, 6) is -0.380. The largest absolute Gasteiger partial charge is 0.319 e. The molecular formula is C18H18N6O3S. The number of benzene rings is 2. The number of amides is 1. The average Bonchev–Trinajstić information content (AvgIpc) is 3.09. The number of nitrogens with one attached hydrogen (secondary N) is 1. The summed E-state index contributed by atoms with van der Waals surface area (Å²) >= 11 is 1.17. The van der Waals surface area contributed by atoms with Crippen LogP contribution in [0.15, 0.2) is 47.6 Å². The molecule has 1 N–H and O–H groups in total. The van der Waals surface area contributed by atoms with E-state index in [-0.39, 0.29) is 17.3 Å². The highest BCUT2D eigenvalue weighted by Crippen LogP contribution is 2.27. The van der Waals surface area contributed by atoms with Crippen LogP contribution >= 0.6 is 11.8 Å². The van der Waals surface area contributed by atoms with Crippen molar-refractivity contribution in [2.45, 2.75) is 31.2 Å². The highest BCUT2D eigenvalue weighted by atomic mass is 32.2. The van der Waals surface area contributed by atoms with Gasteiger partial charge in [-0.1, -0.05) is 41.6 Å². The fourth-order valence-corrected chi connectivity index (χ4v) is 3.43. The van der Waals surface area contributed by atoms with Crippen molar-refractivity contribution < 1.29 is 9.72 Å². The Morgan fingerprint density at radius 2 is 2.00 bits per heavy atom. The quantitative estimate of drug-likeness (QED) is 0.385. The summed E-state index contributed by atoms with van der Waals surface area (Å²) in [5, 5.41) is 25.3. The second-order valence-corrected chi connectivity index (χ2v) is 7.49. The molecule has 0 aliphatic rings. The smallest absolute Gasteiger partial charge is 0.292 e. The molecule has 144 valence electrons. The molecule has 0 aliphatic carbocycles. The first-order valence-electron chi connectivity index (χ1n) is 8.43. The van der Waals surface area contributed by atoms with Crippen LogP contribution in [0, 0.1) is 24.0 Å². The highest BCUT2D eigenvalue weighted by Gasteiger charge is 2.22. The van der Waals surface area contributed by atoms with Crippen molar-refractivity contribution in [3.63, 3.8) is 0 Å². The number of rotatable bonds is 6. The molecule has 10 heteroatoms. The summed E-state index contributed by atoms with van der Waals surface area (Å²) in [6.07, 6.45) is 0. The Morgan fingerprint density at radius 3 is 2.71 bits per heavy atom. The second kappa shape index (κ2) is 8.17. The number of thioether (sulfide) groups is 1. The molecule has 3 aromatic rings. The van der Waals surface area contributed by atoms with E-state index in [1.807, 2.05) is 32.0 Å². The van der Waals surface area contributed by atoms with Gasteiger partial charge in [0.25, 0.3) is 5.69 Å². The summed E-state index contributed by atoms with van der Waals surface area (Å²) in [5.41, 5.74) is 2.95. The lowest BCUT2D eigenvalue weighted by molar-refractivity contribution is -0.383. The van der Waals surface area contributed by atoms with E-state index >= 15 is 0 Å². The number of carbonyl (C=O) groups excluding carboxylic acids is 1. The van der Waals surface area contributed by atoms with Crippen molar-refractivity contribution in [3.05, 3.63) is 63.7 Å². The lowest BCUT2D eigenvalue weighted by Gasteiger charge is -2.13. The van der Waals surface area contributed by atoms with Crippen LogP contribution in [-0.4, -0.2) is 36.3 Å². The van der Waals surface area contributed by atoms with Crippen LogP contribution in [0.25, 0.3) is 5.69 Å². The minimum absolute atomic E-state index is 0.152. The number of para-hydroxylation sites is 2. The average molecular weight is 398 g/mol. The minimum atomic E-state index is -0.574. The number of aryl methyl sites for hydroxylation is 2. The monoisotopic (exact) mass is 398 g/mol. The minimum Gasteiger partial charge on any atom is -0.319 e. The van der Waals surface area contributed by atoms with E-state index < -0.39 is 10.2 Å². The number of anilines is 1. The third-order valence-electron chi connectivity index (χ3n) is 4.03. The Hall–Kier alpha value is -3.27. The molecular weight excluding hydrogens is 380 g/mol. The first kappa shape index (κ1) is 19.5. The molecule has 0 saturated heterocycles. The van der Waals surface area contributed by atoms with Gasteiger partial charge in [0.05, 0.1) is 15.9 Å². The Labute approximate surface area is 165 Å². The number of tetrazole rings is 1. The Bertz CT molecular complexity index is 1040. The van der Waals surface area contributed by atoms with Gasteiger partial charge in [0.15, 0.2) is 0 Å². The van der Waals surface area contributed by atoms with E-state index in [0.29, 0.717) is 5.16 Å². The van der Waals surface area contributed by atoms with E-state index in [1.165, 1.54) is 23.9 Å². The van der Waals surface area contributed by atoms with Crippen LogP contribution < -0.4 is 5.32 Å². The summed E-state index contributed by atoms with van der Waals surface area (Å²) in [6, 6.07) is 11.9. The highest BCUT2D eigenvalue weighted by molar-refractivity contribution is 8.00. The maximum absolute atomic E-state index is 12.5. The number of aromatic nitrogens is 4. The number of hydrogen-bond donors (Lipinski definition) is 1. The normalized spacial score (nSPS) is 11.8. The van der Waals surface area contributed by atoms with Crippen molar-refractivity contribution in [2.75, 3.05) is 5.32 Å². The number of hydrogen-bond acceptors (Lipinski definition) is 7. The molecule has 0 radical (unpaired) electrons. The molecule has 2 aromatic carbocycles. The van der Waals surface area contributed by atoms with E-state index in [1.54, 1.807) is 23.7 Å². The Morgan fingerprint density at radius 1 is 1.25 bits per heavy atom. The van der Waals surface area contributed by atoms with Crippen LogP contribution in [0.3, 0.4) is 0 Å². The second-order valence-electron chi connectivity index (χ2n) is 6.19. The van der Waals surface area contributed by atoms with E-state index in [2.05, 4.69) is 20.8 Å². The van der Waals surface area contributed by atoms with Gasteiger partial charge in [0.2, 0.25) is 11.1 Å². The zero-order valence-electron chi connectivity index (χ0n) is 15.5. The molecule has 0 unspecified atom stereocenters. The summed E-state index contributed by atoms with van der Waals surface area (Å²) < 4.78 is 1.58. The third kappa shape index (κ3) is 4.17. The lowest BCUT2D eigenvalue weighted by Crippen LogP contribution is -2.23. The van der Waals surface area contributed by atoms with Crippen molar-refractivity contribution >= 4 is 29.0 Å². The lowest BCUT2D eigenvalue weighted by atomic mass is 10.1. The molecule has 1 amide bonds. The molecule has 9 nitrogen and oxygen atoms in total.